The van der Waals surface area contributed by atoms with Crippen LogP contribution in [0.15, 0.2) is 52.1 Å². The molecule has 0 bridgehead atoms. The molecule has 1 aromatic heterocycles. The number of H-pyrrole nitrogens is 2. The second kappa shape index (κ2) is 7.78. The summed E-state index contributed by atoms with van der Waals surface area (Å²) < 4.78 is 4.96. The highest BCUT2D eigenvalue weighted by Crippen LogP contribution is 2.26. The van der Waals surface area contributed by atoms with Gasteiger partial charge in [0.2, 0.25) is 0 Å². The molecule has 1 heterocycles. The lowest BCUT2D eigenvalue weighted by atomic mass is 10.1. The molecule has 0 saturated carbocycles. The second-order valence-corrected chi connectivity index (χ2v) is 5.91. The second-order valence-electron chi connectivity index (χ2n) is 5.91. The van der Waals surface area contributed by atoms with Crippen molar-refractivity contribution in [1.82, 2.24) is 9.97 Å². The minimum Gasteiger partial charge on any atom is -0.451 e. The Morgan fingerprint density at radius 2 is 1.79 bits per heavy atom. The van der Waals surface area contributed by atoms with Crippen molar-refractivity contribution < 1.29 is 14.3 Å². The fourth-order valence-corrected chi connectivity index (χ4v) is 2.86. The number of hydrogen-bond acceptors (Lipinski definition) is 6. The molecule has 2 aromatic carbocycles. The number of nitrogen functional groups attached to an aromatic ring is 1. The molecule has 0 fully saturated rings. The van der Waals surface area contributed by atoms with Crippen LogP contribution < -0.4 is 21.9 Å². The first-order valence-corrected chi connectivity index (χ1v) is 8.49. The van der Waals surface area contributed by atoms with Crippen LogP contribution in [0, 0.1) is 0 Å². The van der Waals surface area contributed by atoms with E-state index in [4.69, 9.17) is 10.5 Å². The Hall–Kier alpha value is -3.88. The van der Waals surface area contributed by atoms with Gasteiger partial charge >= 0.3 is 11.7 Å². The molecule has 28 heavy (non-hydrogen) atoms. The lowest BCUT2D eigenvalue weighted by molar-refractivity contribution is -0.121. The number of carbonyl (C=O) groups excluding carboxylic acids is 2. The summed E-state index contributed by atoms with van der Waals surface area (Å²) >= 11 is 0. The number of anilines is 2. The molecule has 0 unspecified atom stereocenters. The van der Waals surface area contributed by atoms with Gasteiger partial charge in [0.05, 0.1) is 5.69 Å². The van der Waals surface area contributed by atoms with Crippen LogP contribution >= 0.6 is 0 Å². The van der Waals surface area contributed by atoms with Gasteiger partial charge in [0.15, 0.2) is 12.3 Å². The summed E-state index contributed by atoms with van der Waals surface area (Å²) in [5.41, 5.74) is 3.39. The minimum absolute atomic E-state index is 0.356. The van der Waals surface area contributed by atoms with E-state index in [0.29, 0.717) is 12.2 Å². The van der Waals surface area contributed by atoms with Crippen molar-refractivity contribution in [2.75, 3.05) is 23.8 Å². The Bertz CT molecular complexity index is 1160. The summed E-state index contributed by atoms with van der Waals surface area (Å²) in [6.45, 7) is 1.58. The molecule has 0 aliphatic rings. The van der Waals surface area contributed by atoms with Crippen molar-refractivity contribution in [1.29, 1.82) is 0 Å². The van der Waals surface area contributed by atoms with Crippen molar-refractivity contribution in [2.45, 2.75) is 6.92 Å². The maximum absolute atomic E-state index is 12.7. The Morgan fingerprint density at radius 1 is 1.07 bits per heavy atom. The summed E-state index contributed by atoms with van der Waals surface area (Å²) in [6.07, 6.45) is 0. The number of fused-ring (bicyclic) bond motifs is 1. The number of likely N-dealkylation sites (N-methyl/N-ethyl adjacent to an activating group) is 1. The molecule has 0 radical (unpaired) electrons. The molecule has 0 aliphatic carbocycles. The van der Waals surface area contributed by atoms with Gasteiger partial charge in [-0.3, -0.25) is 19.6 Å². The summed E-state index contributed by atoms with van der Waals surface area (Å²) in [4.78, 5) is 53.1. The number of carbonyl (C=O) groups is 2. The number of esters is 1. The first kappa shape index (κ1) is 18.9. The molecule has 0 spiro atoms. The smallest absolute Gasteiger partial charge is 0.357 e. The largest absolute Gasteiger partial charge is 0.451 e. The summed E-state index contributed by atoms with van der Waals surface area (Å²) in [5, 5.41) is 1.85. The fraction of sp³-hybridized carbons (Fsp3) is 0.158. The number of hydrogen-bond donors (Lipinski definition) is 3. The Balaban J connectivity index is 1.81. The van der Waals surface area contributed by atoms with Crippen molar-refractivity contribution in [3.05, 3.63) is 69.0 Å². The van der Waals surface area contributed by atoms with Crippen LogP contribution in [-0.2, 0) is 9.53 Å². The molecule has 9 nitrogen and oxygen atoms in total. The van der Waals surface area contributed by atoms with E-state index in [0.717, 1.165) is 10.8 Å². The third kappa shape index (κ3) is 3.63. The van der Waals surface area contributed by atoms with E-state index in [-0.39, 0.29) is 0 Å². The molecule has 9 heteroatoms. The molecule has 144 valence electrons. The first-order valence-electron chi connectivity index (χ1n) is 8.49. The Morgan fingerprint density at radius 3 is 2.54 bits per heavy atom. The third-order valence-electron chi connectivity index (χ3n) is 4.19. The van der Waals surface area contributed by atoms with Gasteiger partial charge in [-0.15, -0.1) is 0 Å². The molecule has 0 atom stereocenters. The molecule has 1 amide bonds. The molecule has 3 aromatic rings. The molecular weight excluding hydrogens is 364 g/mol. The minimum atomic E-state index is -1.07. The highest BCUT2D eigenvalue weighted by atomic mass is 16.5. The quantitative estimate of drug-likeness (QED) is 0.563. The zero-order chi connectivity index (χ0) is 20.3. The molecule has 0 saturated heterocycles. The third-order valence-corrected chi connectivity index (χ3v) is 4.19. The van der Waals surface area contributed by atoms with Crippen LogP contribution in [0.2, 0.25) is 0 Å². The highest BCUT2D eigenvalue weighted by molar-refractivity contribution is 6.05. The van der Waals surface area contributed by atoms with Crippen molar-refractivity contribution in [3.8, 4) is 0 Å². The van der Waals surface area contributed by atoms with Crippen LogP contribution in [0.4, 0.5) is 11.4 Å². The predicted octanol–water partition coefficient (Wildman–Crippen LogP) is 1.01. The van der Waals surface area contributed by atoms with E-state index in [1.54, 1.807) is 13.0 Å². The van der Waals surface area contributed by atoms with Gasteiger partial charge in [0.1, 0.15) is 5.69 Å². The van der Waals surface area contributed by atoms with Crippen molar-refractivity contribution in [3.63, 3.8) is 0 Å². The Labute approximate surface area is 158 Å². The highest BCUT2D eigenvalue weighted by Gasteiger charge is 2.21. The van der Waals surface area contributed by atoms with Gasteiger partial charge in [-0.2, -0.15) is 0 Å². The van der Waals surface area contributed by atoms with E-state index in [1.807, 2.05) is 41.4 Å². The van der Waals surface area contributed by atoms with Crippen LogP contribution in [0.25, 0.3) is 10.8 Å². The van der Waals surface area contributed by atoms with E-state index in [2.05, 4.69) is 4.98 Å². The van der Waals surface area contributed by atoms with Crippen LogP contribution in [0.3, 0.4) is 0 Å². The lowest BCUT2D eigenvalue weighted by Crippen LogP contribution is -2.35. The number of nitrogens with zero attached hydrogens (tertiary/aromatic N) is 1. The number of rotatable bonds is 5. The van der Waals surface area contributed by atoms with Gasteiger partial charge < -0.3 is 15.4 Å². The number of nitrogens with two attached hydrogens (primary N) is 1. The van der Waals surface area contributed by atoms with Crippen LogP contribution in [0.5, 0.6) is 0 Å². The van der Waals surface area contributed by atoms with Crippen molar-refractivity contribution >= 4 is 34.0 Å². The topological polar surface area (TPSA) is 138 Å². The monoisotopic (exact) mass is 382 g/mol. The van der Waals surface area contributed by atoms with E-state index in [9.17, 15) is 19.2 Å². The van der Waals surface area contributed by atoms with Crippen LogP contribution in [-0.4, -0.2) is 35.0 Å². The molecule has 3 rings (SSSR count). The number of amides is 1. The normalized spacial score (nSPS) is 10.6. The van der Waals surface area contributed by atoms with Gasteiger partial charge in [-0.25, -0.2) is 9.59 Å². The number of nitrogens with one attached hydrogen (secondary N) is 2. The van der Waals surface area contributed by atoms with Gasteiger partial charge in [-0.05, 0) is 18.4 Å². The number of ether oxygens (including phenoxy) is 1. The fourth-order valence-electron chi connectivity index (χ4n) is 2.86. The average molecular weight is 382 g/mol. The standard InChI is InChI=1S/C19H18N4O5/c1-2-23(13-9-5-7-11-6-3-4-8-12(11)13)14(24)10-28-18(26)16-15(20)17(25)22-19(27)21-16/h3-9H,2,10,20H2,1H3,(H2,21,22,25,27). The maximum Gasteiger partial charge on any atom is 0.357 e. The Kier molecular flexibility index (Phi) is 5.25. The summed E-state index contributed by atoms with van der Waals surface area (Å²) in [5.74, 6) is -1.53. The van der Waals surface area contributed by atoms with Crippen molar-refractivity contribution in [2.24, 2.45) is 0 Å². The summed E-state index contributed by atoms with van der Waals surface area (Å²) in [7, 11) is 0. The average Bonchev–Trinajstić information content (AvgIpc) is 2.69. The van der Waals surface area contributed by atoms with Gasteiger partial charge in [0, 0.05) is 11.9 Å². The SMILES string of the molecule is CCN(C(=O)COC(=O)c1[nH]c(=O)[nH]c(=O)c1N)c1cccc2ccccc12. The van der Waals surface area contributed by atoms with Gasteiger partial charge in [-0.1, -0.05) is 36.4 Å². The zero-order valence-corrected chi connectivity index (χ0v) is 15.0. The van der Waals surface area contributed by atoms with E-state index < -0.39 is 41.1 Å². The number of benzene rings is 2. The van der Waals surface area contributed by atoms with E-state index >= 15 is 0 Å². The maximum atomic E-state index is 12.7. The molecular formula is C19H18N4O5. The molecule has 0 aliphatic heterocycles. The van der Waals surface area contributed by atoms with E-state index in [1.165, 1.54) is 4.90 Å². The zero-order valence-electron chi connectivity index (χ0n) is 15.0. The van der Waals surface area contributed by atoms with Gasteiger partial charge in [0.25, 0.3) is 11.5 Å². The van der Waals surface area contributed by atoms with Crippen LogP contribution in [0.1, 0.15) is 17.4 Å². The predicted molar refractivity (Wildman–Crippen MR) is 104 cm³/mol. The number of aromatic nitrogens is 2. The lowest BCUT2D eigenvalue weighted by Gasteiger charge is -2.22. The number of aromatic amines is 2. The molecule has 4 N–H and O–H groups in total. The first-order chi connectivity index (χ1) is 13.4. The summed E-state index contributed by atoms with van der Waals surface area (Å²) in [6, 6.07) is 13.2.